The number of hydrogen-bond acceptors (Lipinski definition) is 8. The highest BCUT2D eigenvalue weighted by molar-refractivity contribution is 5.74. The van der Waals surface area contributed by atoms with Gasteiger partial charge in [0.2, 0.25) is 0 Å². The zero-order valence-corrected chi connectivity index (χ0v) is 26.4. The van der Waals surface area contributed by atoms with E-state index in [2.05, 4.69) is 41.4 Å². The molecule has 1 saturated heterocycles. The van der Waals surface area contributed by atoms with E-state index >= 15 is 0 Å². The lowest BCUT2D eigenvalue weighted by Gasteiger charge is -2.38. The third-order valence-corrected chi connectivity index (χ3v) is 8.03. The molecule has 3 heterocycles. The van der Waals surface area contributed by atoms with E-state index < -0.39 is 5.60 Å². The maximum atomic E-state index is 12.9. The number of nitrogens with zero attached hydrogens (tertiary/aromatic N) is 2. The third kappa shape index (κ3) is 7.31. The summed E-state index contributed by atoms with van der Waals surface area (Å²) in [6.07, 6.45) is 1.34. The minimum absolute atomic E-state index is 0.203. The van der Waals surface area contributed by atoms with Crippen molar-refractivity contribution in [2.75, 3.05) is 38.3 Å². The van der Waals surface area contributed by atoms with E-state index in [4.69, 9.17) is 23.9 Å². The first-order valence-electron chi connectivity index (χ1n) is 15.4. The van der Waals surface area contributed by atoms with Gasteiger partial charge in [-0.15, -0.1) is 0 Å². The molecule has 3 aromatic rings. The summed E-state index contributed by atoms with van der Waals surface area (Å²) in [6, 6.07) is 16.6. The number of carbonyl (C=O) groups excluding carboxylic acids is 1. The third-order valence-electron chi connectivity index (χ3n) is 8.03. The quantitative estimate of drug-likeness (QED) is 0.312. The molecule has 0 saturated carbocycles. The number of nitrogens with one attached hydrogen (secondary N) is 1. The number of pyridine rings is 1. The molecule has 0 unspecified atom stereocenters. The Hall–Kier alpha value is -3.62. The number of methoxy groups -OCH3 is 1. The van der Waals surface area contributed by atoms with Gasteiger partial charge in [0, 0.05) is 37.9 Å². The van der Waals surface area contributed by atoms with Crippen LogP contribution in [-0.4, -0.2) is 56.0 Å². The molecule has 1 fully saturated rings. The minimum atomic E-state index is -0.529. The molecular weight excluding hydrogens is 542 g/mol. The van der Waals surface area contributed by atoms with Gasteiger partial charge in [0.05, 0.1) is 24.3 Å². The van der Waals surface area contributed by atoms with Crippen LogP contribution in [0.3, 0.4) is 0 Å². The van der Waals surface area contributed by atoms with Crippen LogP contribution in [0, 0.1) is 12.8 Å². The maximum Gasteiger partial charge on any atom is 0.312 e. The smallest absolute Gasteiger partial charge is 0.312 e. The van der Waals surface area contributed by atoms with Crippen molar-refractivity contribution in [1.82, 2.24) is 10.3 Å². The number of esters is 1. The van der Waals surface area contributed by atoms with Gasteiger partial charge in [-0.2, -0.15) is 0 Å². The number of benzene rings is 2. The zero-order valence-electron chi connectivity index (χ0n) is 26.4. The van der Waals surface area contributed by atoms with E-state index in [1.807, 2.05) is 52.0 Å². The zero-order chi connectivity index (χ0) is 30.6. The van der Waals surface area contributed by atoms with E-state index in [-0.39, 0.29) is 18.0 Å². The number of carbonyl (C=O) groups is 1. The van der Waals surface area contributed by atoms with Gasteiger partial charge >= 0.3 is 5.97 Å². The predicted octanol–water partition coefficient (Wildman–Crippen LogP) is 5.86. The Kier molecular flexibility index (Phi) is 9.57. The number of fused-ring (bicyclic) bond motifs is 1. The van der Waals surface area contributed by atoms with Crippen molar-refractivity contribution in [2.24, 2.45) is 5.92 Å². The van der Waals surface area contributed by atoms with Crippen molar-refractivity contribution in [1.29, 1.82) is 0 Å². The number of hydrogen-bond donors (Lipinski definition) is 1. The second-order valence-corrected chi connectivity index (χ2v) is 12.4. The van der Waals surface area contributed by atoms with Crippen LogP contribution in [0.4, 0.5) is 5.82 Å². The first-order valence-corrected chi connectivity index (χ1v) is 15.4. The molecule has 230 valence electrons. The normalized spacial score (nSPS) is 18.6. The predicted molar refractivity (Wildman–Crippen MR) is 169 cm³/mol. The van der Waals surface area contributed by atoms with Crippen LogP contribution >= 0.6 is 0 Å². The summed E-state index contributed by atoms with van der Waals surface area (Å²) in [6.45, 7) is 13.9. The Labute approximate surface area is 255 Å². The van der Waals surface area contributed by atoms with Crippen LogP contribution in [0.1, 0.15) is 56.4 Å². The highest BCUT2D eigenvalue weighted by Crippen LogP contribution is 2.35. The monoisotopic (exact) mass is 587 g/mol. The summed E-state index contributed by atoms with van der Waals surface area (Å²) < 4.78 is 24.0. The highest BCUT2D eigenvalue weighted by atomic mass is 16.6. The lowest BCUT2D eigenvalue weighted by Crippen LogP contribution is -2.49. The fourth-order valence-electron chi connectivity index (χ4n) is 5.96. The lowest BCUT2D eigenvalue weighted by molar-refractivity contribution is -0.165. The Morgan fingerprint density at radius 1 is 1.12 bits per heavy atom. The summed E-state index contributed by atoms with van der Waals surface area (Å²) in [4.78, 5) is 20.1. The van der Waals surface area contributed by atoms with Crippen molar-refractivity contribution in [3.05, 3.63) is 70.8 Å². The molecule has 0 amide bonds. The SMILES string of the molecule is CCOc1cc(COc2c(C)cccc2-c2cccc(N3CC[C@@H](C(=O)OC(C)(C)C)[C@@H](OC)C3)n2)cc2c1CNCC2. The second kappa shape index (κ2) is 13.3. The molecule has 2 aromatic carbocycles. The molecule has 43 heavy (non-hydrogen) atoms. The average molecular weight is 588 g/mol. The van der Waals surface area contributed by atoms with E-state index in [1.54, 1.807) is 7.11 Å². The number of piperidine rings is 1. The number of anilines is 1. The standard InChI is InChI=1S/C35H45N3O5/c1-7-41-30-19-24(18-25-14-16-36-20-28(25)30)22-42-33-23(2)10-8-11-26(33)29-12-9-13-32(37-29)38-17-15-27(31(21-38)40-6)34(39)43-35(3,4)5/h8-13,18-19,27,31,36H,7,14-17,20-22H2,1-6H3/t27-,31+/m1/s1. The number of para-hydroxylation sites is 1. The minimum Gasteiger partial charge on any atom is -0.494 e. The maximum absolute atomic E-state index is 12.9. The Morgan fingerprint density at radius 3 is 2.70 bits per heavy atom. The number of aromatic nitrogens is 1. The van der Waals surface area contributed by atoms with Crippen molar-refractivity contribution >= 4 is 11.8 Å². The van der Waals surface area contributed by atoms with E-state index in [9.17, 15) is 4.79 Å². The van der Waals surface area contributed by atoms with Gasteiger partial charge in [-0.3, -0.25) is 4.79 Å². The molecular formula is C35H45N3O5. The van der Waals surface area contributed by atoms with Gasteiger partial charge in [-0.25, -0.2) is 4.98 Å². The van der Waals surface area contributed by atoms with Crippen molar-refractivity contribution in [3.8, 4) is 22.8 Å². The summed E-state index contributed by atoms with van der Waals surface area (Å²) in [5.41, 5.74) is 5.98. The van der Waals surface area contributed by atoms with Crippen molar-refractivity contribution in [2.45, 2.75) is 72.3 Å². The first-order chi connectivity index (χ1) is 20.7. The summed E-state index contributed by atoms with van der Waals surface area (Å²) >= 11 is 0. The summed E-state index contributed by atoms with van der Waals surface area (Å²) in [5.74, 6) is 2.10. The lowest BCUT2D eigenvalue weighted by atomic mass is 9.93. The summed E-state index contributed by atoms with van der Waals surface area (Å²) in [7, 11) is 1.66. The van der Waals surface area contributed by atoms with E-state index in [1.165, 1.54) is 11.1 Å². The molecule has 8 nitrogen and oxygen atoms in total. The largest absolute Gasteiger partial charge is 0.494 e. The van der Waals surface area contributed by atoms with E-state index in [0.717, 1.165) is 59.2 Å². The van der Waals surface area contributed by atoms with Crippen LogP contribution in [0.2, 0.25) is 0 Å². The van der Waals surface area contributed by atoms with Crippen molar-refractivity contribution in [3.63, 3.8) is 0 Å². The van der Waals surface area contributed by atoms with Crippen molar-refractivity contribution < 1.29 is 23.7 Å². The average Bonchev–Trinajstić information content (AvgIpc) is 2.99. The molecule has 5 rings (SSSR count). The molecule has 1 N–H and O–H groups in total. The number of ether oxygens (including phenoxy) is 4. The Balaban J connectivity index is 1.35. The Morgan fingerprint density at radius 2 is 1.93 bits per heavy atom. The molecule has 8 heteroatoms. The number of aryl methyl sites for hydroxylation is 1. The molecule has 0 spiro atoms. The van der Waals surface area contributed by atoms with E-state index in [0.29, 0.717) is 32.7 Å². The van der Waals surface area contributed by atoms with Crippen LogP contribution in [0.5, 0.6) is 11.5 Å². The topological polar surface area (TPSA) is 82.2 Å². The van der Waals surface area contributed by atoms with Gasteiger partial charge in [0.1, 0.15) is 29.5 Å². The van der Waals surface area contributed by atoms with Crippen LogP contribution < -0.4 is 19.7 Å². The molecule has 0 aliphatic carbocycles. The second-order valence-electron chi connectivity index (χ2n) is 12.4. The fraction of sp³-hybridized carbons (Fsp3) is 0.486. The molecule has 2 atom stereocenters. The molecule has 0 bridgehead atoms. The van der Waals surface area contributed by atoms with Crippen LogP contribution in [-0.2, 0) is 33.8 Å². The van der Waals surface area contributed by atoms with Gasteiger partial charge in [-0.1, -0.05) is 24.3 Å². The highest BCUT2D eigenvalue weighted by Gasteiger charge is 2.37. The molecule has 2 aliphatic rings. The molecule has 0 radical (unpaired) electrons. The van der Waals surface area contributed by atoms with Gasteiger partial charge < -0.3 is 29.2 Å². The number of rotatable bonds is 9. The van der Waals surface area contributed by atoms with Gasteiger partial charge in [0.15, 0.2) is 0 Å². The fourth-order valence-corrected chi connectivity index (χ4v) is 5.96. The van der Waals surface area contributed by atoms with Gasteiger partial charge in [0.25, 0.3) is 0 Å². The first kappa shape index (κ1) is 30.8. The molecule has 1 aromatic heterocycles. The molecule has 2 aliphatic heterocycles. The van der Waals surface area contributed by atoms with Crippen LogP contribution in [0.25, 0.3) is 11.3 Å². The van der Waals surface area contributed by atoms with Gasteiger partial charge in [-0.05, 0) is 95.0 Å². The summed E-state index contributed by atoms with van der Waals surface area (Å²) in [5, 5.41) is 3.45. The Bertz CT molecular complexity index is 1430. The van der Waals surface area contributed by atoms with Crippen LogP contribution in [0.15, 0.2) is 48.5 Å².